The van der Waals surface area contributed by atoms with Gasteiger partial charge in [0.15, 0.2) is 0 Å². The third kappa shape index (κ3) is 6.51. The van der Waals surface area contributed by atoms with E-state index < -0.39 is 11.8 Å². The molecule has 19 heavy (non-hydrogen) atoms. The Labute approximate surface area is 111 Å². The molecule has 1 aromatic heterocycles. The lowest BCUT2D eigenvalue weighted by Gasteiger charge is -2.05. The van der Waals surface area contributed by atoms with Crippen molar-refractivity contribution in [1.82, 2.24) is 20.5 Å². The van der Waals surface area contributed by atoms with E-state index >= 15 is 0 Å². The molecule has 0 saturated heterocycles. The van der Waals surface area contributed by atoms with Crippen LogP contribution in [0.15, 0.2) is 6.33 Å². The summed E-state index contributed by atoms with van der Waals surface area (Å²) in [6, 6.07) is 0. The number of unbranched alkanes of at least 4 members (excludes halogenated alkanes) is 1. The van der Waals surface area contributed by atoms with Crippen molar-refractivity contribution in [3.8, 4) is 0 Å². The van der Waals surface area contributed by atoms with Gasteiger partial charge in [0, 0.05) is 19.8 Å². The van der Waals surface area contributed by atoms with Crippen molar-refractivity contribution < 1.29 is 14.3 Å². The zero-order chi connectivity index (χ0) is 13.9. The lowest BCUT2D eigenvalue weighted by molar-refractivity contribution is -0.136. The van der Waals surface area contributed by atoms with Crippen LogP contribution in [0.2, 0.25) is 0 Å². The molecule has 1 rings (SSSR count). The average Bonchev–Trinajstić information content (AvgIpc) is 2.90. The molecule has 0 fully saturated rings. The third-order valence-corrected chi connectivity index (χ3v) is 2.25. The number of carbonyl (C=O) groups excluding carboxylic acids is 2. The van der Waals surface area contributed by atoms with E-state index in [9.17, 15) is 9.59 Å². The van der Waals surface area contributed by atoms with Crippen molar-refractivity contribution in [2.75, 3.05) is 25.1 Å². The van der Waals surface area contributed by atoms with Crippen LogP contribution in [0.3, 0.4) is 0 Å². The number of nitrogens with one attached hydrogen (secondary N) is 3. The van der Waals surface area contributed by atoms with Gasteiger partial charge in [-0.3, -0.25) is 14.9 Å². The minimum atomic E-state index is -0.774. The monoisotopic (exact) mass is 269 g/mol. The van der Waals surface area contributed by atoms with Gasteiger partial charge in [-0.2, -0.15) is 10.1 Å². The number of ether oxygens (including phenoxy) is 1. The van der Waals surface area contributed by atoms with Crippen LogP contribution < -0.4 is 10.6 Å². The standard InChI is InChI=1S/C11H19N5O3/c1-2-3-6-19-7-4-5-12-9(17)10(18)15-11-13-8-14-16-11/h8H,2-7H2,1H3,(H,12,17)(H2,13,14,15,16,18). The summed E-state index contributed by atoms with van der Waals surface area (Å²) in [4.78, 5) is 26.4. The van der Waals surface area contributed by atoms with Crippen LogP contribution in [0.5, 0.6) is 0 Å². The SMILES string of the molecule is CCCCOCCCNC(=O)C(=O)Nc1ncn[nH]1. The second kappa shape index (κ2) is 9.03. The highest BCUT2D eigenvalue weighted by Gasteiger charge is 2.13. The first-order valence-corrected chi connectivity index (χ1v) is 6.26. The molecule has 0 radical (unpaired) electrons. The molecule has 0 atom stereocenters. The van der Waals surface area contributed by atoms with Gasteiger partial charge in [-0.25, -0.2) is 5.10 Å². The maximum Gasteiger partial charge on any atom is 0.316 e. The zero-order valence-corrected chi connectivity index (χ0v) is 10.9. The predicted octanol–water partition coefficient (Wildman–Crippen LogP) is 0.0662. The van der Waals surface area contributed by atoms with Gasteiger partial charge in [0.2, 0.25) is 5.95 Å². The number of hydrogen-bond acceptors (Lipinski definition) is 5. The van der Waals surface area contributed by atoms with E-state index in [0.29, 0.717) is 19.6 Å². The smallest absolute Gasteiger partial charge is 0.316 e. The Bertz CT molecular complexity index is 380. The summed E-state index contributed by atoms with van der Waals surface area (Å²) in [6.07, 6.45) is 4.04. The van der Waals surface area contributed by atoms with Crippen molar-refractivity contribution in [1.29, 1.82) is 0 Å². The summed E-state index contributed by atoms with van der Waals surface area (Å²) in [5.74, 6) is -1.34. The van der Waals surface area contributed by atoms with Crippen LogP contribution >= 0.6 is 0 Å². The van der Waals surface area contributed by atoms with Crippen molar-refractivity contribution in [2.24, 2.45) is 0 Å². The largest absolute Gasteiger partial charge is 0.381 e. The Morgan fingerprint density at radius 2 is 2.11 bits per heavy atom. The number of rotatable bonds is 8. The Balaban J connectivity index is 2.05. The lowest BCUT2D eigenvalue weighted by Crippen LogP contribution is -2.36. The minimum absolute atomic E-state index is 0.142. The van der Waals surface area contributed by atoms with Crippen molar-refractivity contribution in [3.05, 3.63) is 6.33 Å². The van der Waals surface area contributed by atoms with E-state index in [0.717, 1.165) is 19.4 Å². The maximum atomic E-state index is 11.4. The summed E-state index contributed by atoms with van der Waals surface area (Å²) in [7, 11) is 0. The van der Waals surface area contributed by atoms with Gasteiger partial charge >= 0.3 is 11.8 Å². The maximum absolute atomic E-state index is 11.4. The highest BCUT2D eigenvalue weighted by atomic mass is 16.5. The summed E-state index contributed by atoms with van der Waals surface area (Å²) < 4.78 is 5.33. The number of amides is 2. The molecule has 1 heterocycles. The Kier molecular flexibility index (Phi) is 7.18. The van der Waals surface area contributed by atoms with Gasteiger partial charge in [0.25, 0.3) is 0 Å². The molecule has 2 amide bonds. The van der Waals surface area contributed by atoms with Crippen LogP contribution in [0.1, 0.15) is 26.2 Å². The van der Waals surface area contributed by atoms with Crippen molar-refractivity contribution >= 4 is 17.8 Å². The zero-order valence-electron chi connectivity index (χ0n) is 10.9. The van der Waals surface area contributed by atoms with E-state index in [1.807, 2.05) is 0 Å². The van der Waals surface area contributed by atoms with Gasteiger partial charge in [-0.15, -0.1) is 0 Å². The second-order valence-electron chi connectivity index (χ2n) is 3.86. The molecular weight excluding hydrogens is 250 g/mol. The summed E-state index contributed by atoms with van der Waals surface area (Å²) >= 11 is 0. The quantitative estimate of drug-likeness (QED) is 0.457. The fourth-order valence-corrected chi connectivity index (χ4v) is 1.23. The fraction of sp³-hybridized carbons (Fsp3) is 0.636. The second-order valence-corrected chi connectivity index (χ2v) is 3.86. The van der Waals surface area contributed by atoms with Gasteiger partial charge in [0.1, 0.15) is 6.33 Å². The first-order chi connectivity index (χ1) is 9.24. The van der Waals surface area contributed by atoms with Crippen molar-refractivity contribution in [2.45, 2.75) is 26.2 Å². The molecule has 0 aromatic carbocycles. The van der Waals surface area contributed by atoms with E-state index in [4.69, 9.17) is 4.74 Å². The van der Waals surface area contributed by atoms with Gasteiger partial charge in [-0.1, -0.05) is 13.3 Å². The molecule has 0 aliphatic carbocycles. The number of anilines is 1. The van der Waals surface area contributed by atoms with E-state index in [2.05, 4.69) is 32.7 Å². The fourth-order valence-electron chi connectivity index (χ4n) is 1.23. The number of nitrogens with zero attached hydrogens (tertiary/aromatic N) is 2. The van der Waals surface area contributed by atoms with Crippen LogP contribution in [-0.4, -0.2) is 46.8 Å². The van der Waals surface area contributed by atoms with E-state index in [-0.39, 0.29) is 5.95 Å². The van der Waals surface area contributed by atoms with Crippen molar-refractivity contribution in [3.63, 3.8) is 0 Å². The van der Waals surface area contributed by atoms with E-state index in [1.165, 1.54) is 6.33 Å². The highest BCUT2D eigenvalue weighted by molar-refractivity contribution is 6.39. The lowest BCUT2D eigenvalue weighted by atomic mass is 10.3. The molecule has 8 heteroatoms. The Morgan fingerprint density at radius 1 is 1.32 bits per heavy atom. The molecule has 8 nitrogen and oxygen atoms in total. The molecular formula is C11H19N5O3. The summed E-state index contributed by atoms with van der Waals surface area (Å²) in [6.45, 7) is 3.80. The van der Waals surface area contributed by atoms with Gasteiger partial charge < -0.3 is 10.1 Å². The summed E-state index contributed by atoms with van der Waals surface area (Å²) in [5.41, 5.74) is 0. The Morgan fingerprint density at radius 3 is 2.79 bits per heavy atom. The molecule has 0 spiro atoms. The number of aromatic amines is 1. The summed E-state index contributed by atoms with van der Waals surface area (Å²) in [5, 5.41) is 10.7. The third-order valence-electron chi connectivity index (χ3n) is 2.25. The van der Waals surface area contributed by atoms with Gasteiger partial charge in [0.05, 0.1) is 0 Å². The Hall–Kier alpha value is -1.96. The number of aromatic nitrogens is 3. The molecule has 0 aliphatic heterocycles. The number of carbonyl (C=O) groups is 2. The normalized spacial score (nSPS) is 10.2. The highest BCUT2D eigenvalue weighted by Crippen LogP contribution is 1.92. The van der Waals surface area contributed by atoms with Crippen LogP contribution in [-0.2, 0) is 14.3 Å². The number of hydrogen-bond donors (Lipinski definition) is 3. The molecule has 3 N–H and O–H groups in total. The first kappa shape index (κ1) is 15.1. The molecule has 0 bridgehead atoms. The molecule has 1 aromatic rings. The predicted molar refractivity (Wildman–Crippen MR) is 68.4 cm³/mol. The van der Waals surface area contributed by atoms with Gasteiger partial charge in [-0.05, 0) is 12.8 Å². The van der Waals surface area contributed by atoms with E-state index in [1.54, 1.807) is 0 Å². The molecule has 0 saturated carbocycles. The number of H-pyrrole nitrogens is 1. The molecule has 0 unspecified atom stereocenters. The average molecular weight is 269 g/mol. The molecule has 106 valence electrons. The van der Waals surface area contributed by atoms with Crippen LogP contribution in [0.4, 0.5) is 5.95 Å². The van der Waals surface area contributed by atoms with Crippen LogP contribution in [0, 0.1) is 0 Å². The first-order valence-electron chi connectivity index (χ1n) is 6.26. The molecule has 0 aliphatic rings. The topological polar surface area (TPSA) is 109 Å². The van der Waals surface area contributed by atoms with Crippen LogP contribution in [0.25, 0.3) is 0 Å². The minimum Gasteiger partial charge on any atom is -0.381 e.